The van der Waals surface area contributed by atoms with E-state index in [4.69, 9.17) is 0 Å². The number of aromatic amines is 1. The zero-order valence-corrected chi connectivity index (χ0v) is 15.8. The van der Waals surface area contributed by atoms with Gasteiger partial charge in [-0.2, -0.15) is 4.39 Å². The van der Waals surface area contributed by atoms with Crippen LogP contribution < -0.4 is 9.62 Å². The summed E-state index contributed by atoms with van der Waals surface area (Å²) in [4.78, 5) is 24.5. The number of rotatable bonds is 7. The minimum Gasteiger partial charge on any atom is -0.346 e. The standard InChI is InChI=1S/C18H18FN5O3S/c1-2-28(26,27)23-15-6-5-14(21-17(15)19)13-9-16(24(10-25)11-3-4-11)22-18-12(13)7-8-20-18/h5-11,23H,2-4H2,1H3,(H,20,22). The van der Waals surface area contributed by atoms with Crippen molar-refractivity contribution in [2.45, 2.75) is 25.8 Å². The van der Waals surface area contributed by atoms with Crippen molar-refractivity contribution in [2.24, 2.45) is 0 Å². The first-order chi connectivity index (χ1) is 13.4. The lowest BCUT2D eigenvalue weighted by molar-refractivity contribution is -0.107. The minimum atomic E-state index is -3.61. The number of hydrogen-bond acceptors (Lipinski definition) is 5. The zero-order chi connectivity index (χ0) is 19.9. The molecule has 3 aromatic heterocycles. The van der Waals surface area contributed by atoms with Crippen molar-refractivity contribution in [3.63, 3.8) is 0 Å². The number of nitrogens with zero attached hydrogens (tertiary/aromatic N) is 3. The van der Waals surface area contributed by atoms with Gasteiger partial charge in [-0.1, -0.05) is 0 Å². The Morgan fingerprint density at radius 2 is 2.11 bits per heavy atom. The maximum Gasteiger partial charge on any atom is 0.237 e. The van der Waals surface area contributed by atoms with E-state index in [-0.39, 0.29) is 17.5 Å². The van der Waals surface area contributed by atoms with Gasteiger partial charge < -0.3 is 4.98 Å². The summed E-state index contributed by atoms with van der Waals surface area (Å²) in [5.41, 5.74) is 1.25. The number of carbonyl (C=O) groups is 1. The van der Waals surface area contributed by atoms with Crippen molar-refractivity contribution >= 4 is 39.0 Å². The van der Waals surface area contributed by atoms with E-state index < -0.39 is 16.0 Å². The molecular formula is C18H18FN5O3S. The Hall–Kier alpha value is -3.01. The second kappa shape index (κ2) is 6.86. The van der Waals surface area contributed by atoms with Crippen LogP contribution in [0.25, 0.3) is 22.3 Å². The smallest absolute Gasteiger partial charge is 0.237 e. The molecule has 0 bridgehead atoms. The Morgan fingerprint density at radius 3 is 2.75 bits per heavy atom. The molecule has 10 heteroatoms. The third-order valence-electron chi connectivity index (χ3n) is 4.60. The molecule has 0 aliphatic heterocycles. The molecule has 1 saturated carbocycles. The Bertz CT molecular complexity index is 1160. The molecule has 0 unspecified atom stereocenters. The van der Waals surface area contributed by atoms with E-state index in [0.717, 1.165) is 24.6 Å². The van der Waals surface area contributed by atoms with Crippen LogP contribution in [0.4, 0.5) is 15.9 Å². The third-order valence-corrected chi connectivity index (χ3v) is 5.89. The predicted octanol–water partition coefficient (Wildman–Crippen LogP) is 2.65. The molecule has 0 spiro atoms. The number of amides is 1. The molecule has 2 N–H and O–H groups in total. The fourth-order valence-electron chi connectivity index (χ4n) is 2.95. The first-order valence-corrected chi connectivity index (χ1v) is 10.5. The van der Waals surface area contributed by atoms with Gasteiger partial charge in [0, 0.05) is 23.2 Å². The molecule has 28 heavy (non-hydrogen) atoms. The average molecular weight is 403 g/mol. The number of nitrogens with one attached hydrogen (secondary N) is 2. The Labute approximate surface area is 160 Å². The summed E-state index contributed by atoms with van der Waals surface area (Å²) in [5.74, 6) is -0.638. The Kier molecular flexibility index (Phi) is 4.50. The van der Waals surface area contributed by atoms with Crippen molar-refractivity contribution in [3.8, 4) is 11.3 Å². The van der Waals surface area contributed by atoms with E-state index in [0.29, 0.717) is 22.7 Å². The quantitative estimate of drug-likeness (QED) is 0.466. The van der Waals surface area contributed by atoms with Gasteiger partial charge in [-0.3, -0.25) is 14.4 Å². The molecule has 0 radical (unpaired) electrons. The number of anilines is 2. The number of halogens is 1. The molecule has 0 saturated heterocycles. The second-order valence-electron chi connectivity index (χ2n) is 6.55. The number of pyridine rings is 2. The normalized spacial score (nSPS) is 14.2. The molecule has 1 amide bonds. The van der Waals surface area contributed by atoms with Gasteiger partial charge in [0.1, 0.15) is 17.2 Å². The molecular weight excluding hydrogens is 385 g/mol. The molecule has 1 aliphatic carbocycles. The predicted molar refractivity (Wildman–Crippen MR) is 104 cm³/mol. The van der Waals surface area contributed by atoms with Crippen LogP contribution in [-0.2, 0) is 14.8 Å². The van der Waals surface area contributed by atoms with E-state index in [1.54, 1.807) is 23.2 Å². The molecule has 146 valence electrons. The fourth-order valence-corrected chi connectivity index (χ4v) is 3.58. The summed E-state index contributed by atoms with van der Waals surface area (Å²) in [7, 11) is -3.61. The van der Waals surface area contributed by atoms with Gasteiger partial charge >= 0.3 is 0 Å². The monoisotopic (exact) mass is 403 g/mol. The highest BCUT2D eigenvalue weighted by Crippen LogP contribution is 2.35. The van der Waals surface area contributed by atoms with E-state index in [2.05, 4.69) is 19.7 Å². The number of carbonyl (C=O) groups excluding carboxylic acids is 1. The molecule has 0 aromatic carbocycles. The van der Waals surface area contributed by atoms with Gasteiger partial charge in [0.05, 0.1) is 11.4 Å². The third kappa shape index (κ3) is 3.42. The molecule has 3 aromatic rings. The summed E-state index contributed by atoms with van der Waals surface area (Å²) >= 11 is 0. The van der Waals surface area contributed by atoms with Crippen molar-refractivity contribution in [3.05, 3.63) is 36.4 Å². The first-order valence-electron chi connectivity index (χ1n) is 8.81. The van der Waals surface area contributed by atoms with Crippen LogP contribution in [0.15, 0.2) is 30.5 Å². The van der Waals surface area contributed by atoms with Crippen LogP contribution in [0, 0.1) is 5.95 Å². The van der Waals surface area contributed by atoms with Crippen LogP contribution in [0.5, 0.6) is 0 Å². The van der Waals surface area contributed by atoms with Gasteiger partial charge in [-0.15, -0.1) is 0 Å². The average Bonchev–Trinajstić information content (AvgIpc) is 3.39. The lowest BCUT2D eigenvalue weighted by atomic mass is 10.1. The van der Waals surface area contributed by atoms with Crippen LogP contribution in [0.2, 0.25) is 0 Å². The van der Waals surface area contributed by atoms with Gasteiger partial charge in [-0.05, 0) is 44.0 Å². The molecule has 4 rings (SSSR count). The van der Waals surface area contributed by atoms with E-state index in [9.17, 15) is 17.6 Å². The Morgan fingerprint density at radius 1 is 1.32 bits per heavy atom. The van der Waals surface area contributed by atoms with E-state index >= 15 is 0 Å². The summed E-state index contributed by atoms with van der Waals surface area (Å²) in [6, 6.07) is 6.48. The van der Waals surface area contributed by atoms with E-state index in [1.807, 2.05) is 0 Å². The lowest BCUT2D eigenvalue weighted by Crippen LogP contribution is -2.24. The van der Waals surface area contributed by atoms with Gasteiger partial charge in [-0.25, -0.2) is 18.4 Å². The van der Waals surface area contributed by atoms with Crippen molar-refractivity contribution in [1.82, 2.24) is 15.0 Å². The second-order valence-corrected chi connectivity index (χ2v) is 8.56. The highest BCUT2D eigenvalue weighted by Gasteiger charge is 2.30. The topological polar surface area (TPSA) is 108 Å². The summed E-state index contributed by atoms with van der Waals surface area (Å²) in [6.07, 6.45) is 4.28. The van der Waals surface area contributed by atoms with Gasteiger partial charge in [0.2, 0.25) is 22.4 Å². The zero-order valence-electron chi connectivity index (χ0n) is 15.0. The summed E-state index contributed by atoms with van der Waals surface area (Å²) in [6.45, 7) is 1.46. The van der Waals surface area contributed by atoms with Crippen LogP contribution in [0.3, 0.4) is 0 Å². The van der Waals surface area contributed by atoms with Gasteiger partial charge in [0.25, 0.3) is 0 Å². The van der Waals surface area contributed by atoms with Crippen LogP contribution in [0.1, 0.15) is 19.8 Å². The van der Waals surface area contributed by atoms with Crippen LogP contribution >= 0.6 is 0 Å². The SMILES string of the molecule is CCS(=O)(=O)Nc1ccc(-c2cc(N(C=O)C3CC3)nc3[nH]ccc23)nc1F. The van der Waals surface area contributed by atoms with Gasteiger partial charge in [0.15, 0.2) is 0 Å². The van der Waals surface area contributed by atoms with Crippen molar-refractivity contribution in [2.75, 3.05) is 15.4 Å². The first kappa shape index (κ1) is 18.4. The molecule has 0 atom stereocenters. The highest BCUT2D eigenvalue weighted by atomic mass is 32.2. The Balaban J connectivity index is 1.79. The summed E-state index contributed by atoms with van der Waals surface area (Å²) < 4.78 is 40.0. The molecule has 3 heterocycles. The maximum absolute atomic E-state index is 14.5. The molecule has 1 aliphatic rings. The number of H-pyrrole nitrogens is 1. The van der Waals surface area contributed by atoms with Crippen molar-refractivity contribution < 1.29 is 17.6 Å². The number of aromatic nitrogens is 3. The number of fused-ring (bicyclic) bond motifs is 1. The van der Waals surface area contributed by atoms with E-state index in [1.165, 1.54) is 19.1 Å². The largest absolute Gasteiger partial charge is 0.346 e. The van der Waals surface area contributed by atoms with Crippen LogP contribution in [-0.4, -0.2) is 41.6 Å². The molecule has 1 fully saturated rings. The van der Waals surface area contributed by atoms with Crippen molar-refractivity contribution in [1.29, 1.82) is 0 Å². The number of hydrogen-bond donors (Lipinski definition) is 2. The lowest BCUT2D eigenvalue weighted by Gasteiger charge is -2.17. The maximum atomic E-state index is 14.5. The highest BCUT2D eigenvalue weighted by molar-refractivity contribution is 7.92. The number of sulfonamides is 1. The molecule has 8 nitrogen and oxygen atoms in total. The minimum absolute atomic E-state index is 0.126. The fraction of sp³-hybridized carbons (Fsp3) is 0.278. The summed E-state index contributed by atoms with van der Waals surface area (Å²) in [5, 5.41) is 0.721.